The molecule has 0 saturated heterocycles. The predicted molar refractivity (Wildman–Crippen MR) is 112 cm³/mol. The molecule has 2 aromatic carbocycles. The van der Waals surface area contributed by atoms with Crippen LogP contribution in [-0.4, -0.2) is 41.8 Å². The Kier molecular flexibility index (Phi) is 16.2. The van der Waals surface area contributed by atoms with E-state index in [2.05, 4.69) is 13.8 Å². The summed E-state index contributed by atoms with van der Waals surface area (Å²) in [6.07, 6.45) is 2.12. The molecule has 0 aliphatic rings. The molecule has 2 rings (SSSR count). The first kappa shape index (κ1) is 26.2. The lowest BCUT2D eigenvalue weighted by atomic mass is 10.2. The minimum atomic E-state index is 0.325. The first-order valence-corrected chi connectivity index (χ1v) is 10.2. The van der Waals surface area contributed by atoms with E-state index in [0.717, 1.165) is 50.4 Å². The second kappa shape index (κ2) is 17.3. The minimum Gasteiger partial charge on any atom is -0.219 e. The van der Waals surface area contributed by atoms with Crippen LogP contribution in [-0.2, 0) is 0 Å². The van der Waals surface area contributed by atoms with Gasteiger partial charge in [-0.15, -0.1) is 5.06 Å². The molecule has 6 nitrogen and oxygen atoms in total. The van der Waals surface area contributed by atoms with Gasteiger partial charge in [0.2, 0.25) is 0 Å². The van der Waals surface area contributed by atoms with Crippen LogP contribution in [0.3, 0.4) is 0 Å². The van der Waals surface area contributed by atoms with E-state index in [9.17, 15) is 5.21 Å². The maximum Gasteiger partial charge on any atom is 0.168 e. The highest BCUT2D eigenvalue weighted by molar-refractivity contribution is 5.36. The van der Waals surface area contributed by atoms with Gasteiger partial charge in [0.05, 0.1) is 0 Å². The number of quaternary nitrogens is 3. The van der Waals surface area contributed by atoms with E-state index < -0.39 is 0 Å². The molecule has 0 heterocycles. The molecule has 0 fully saturated rings. The molecule has 0 atom stereocenters. The smallest absolute Gasteiger partial charge is 0.168 e. The van der Waals surface area contributed by atoms with Crippen molar-refractivity contribution in [3.63, 3.8) is 0 Å². The van der Waals surface area contributed by atoms with E-state index >= 15 is 0 Å². The third-order valence-corrected chi connectivity index (χ3v) is 3.99. The van der Waals surface area contributed by atoms with Crippen molar-refractivity contribution >= 4 is 11.4 Å². The van der Waals surface area contributed by atoms with Gasteiger partial charge in [-0.25, -0.2) is 15.6 Å². The quantitative estimate of drug-likeness (QED) is 0.382. The lowest BCUT2D eigenvalue weighted by Crippen LogP contribution is -3.09. The van der Waals surface area contributed by atoms with Gasteiger partial charge in [0.1, 0.15) is 26.2 Å². The topological polar surface area (TPSA) is 74.0 Å². The summed E-state index contributed by atoms with van der Waals surface area (Å²) in [5, 5.41) is 29.0. The molecular weight excluding hydrogens is 354 g/mol. The molecule has 158 valence electrons. The third-order valence-electron chi connectivity index (χ3n) is 3.99. The van der Waals surface area contributed by atoms with Crippen LogP contribution in [0.15, 0.2) is 60.7 Å². The van der Waals surface area contributed by atoms with E-state index in [1.165, 1.54) is 0 Å². The molecule has 0 aliphatic heterocycles. The van der Waals surface area contributed by atoms with Crippen LogP contribution in [0, 0.1) is 0 Å². The van der Waals surface area contributed by atoms with Gasteiger partial charge in [0.25, 0.3) is 0 Å². The van der Waals surface area contributed by atoms with Gasteiger partial charge in [-0.05, 0) is 26.7 Å². The zero-order valence-corrected chi connectivity index (χ0v) is 17.9. The van der Waals surface area contributed by atoms with Crippen LogP contribution in [0.25, 0.3) is 0 Å². The number of hydrogen-bond acceptors (Lipinski definition) is 3. The molecule has 6 heteroatoms. The Bertz CT molecular complexity index is 520. The number of benzene rings is 2. The largest absolute Gasteiger partial charge is 0.219 e. The standard InChI is InChI=1S/C12H11NO.C6H15NO.C4H11NO/c14-13(11-7-3-1-4-8-11)12-9-5-2-6-10-12;1-3-5-7(8)6-4-2;1-3-5(6)4-2/h1-10,14H;8H,3-6H2,1-2H3;6H,3-4H2,1-2H3/p+3. The maximum absolute atomic E-state index is 9.91. The molecule has 28 heavy (non-hydrogen) atoms. The van der Waals surface area contributed by atoms with Crippen molar-refractivity contribution in [2.45, 2.75) is 40.5 Å². The summed E-state index contributed by atoms with van der Waals surface area (Å²) in [4.78, 5) is 0. The van der Waals surface area contributed by atoms with Crippen LogP contribution in [0.5, 0.6) is 0 Å². The average Bonchev–Trinajstić information content (AvgIpc) is 2.75. The van der Waals surface area contributed by atoms with Gasteiger partial charge >= 0.3 is 0 Å². The van der Waals surface area contributed by atoms with Gasteiger partial charge in [0, 0.05) is 24.3 Å². The van der Waals surface area contributed by atoms with Crippen LogP contribution in [0.4, 0.5) is 11.4 Å². The summed E-state index contributed by atoms with van der Waals surface area (Å²) in [6.45, 7) is 11.4. The fraction of sp³-hybridized carbons (Fsp3) is 0.455. The van der Waals surface area contributed by atoms with E-state index in [-0.39, 0.29) is 0 Å². The van der Waals surface area contributed by atoms with Gasteiger partial charge < -0.3 is 0 Å². The fourth-order valence-corrected chi connectivity index (χ4v) is 2.31. The first-order valence-electron chi connectivity index (χ1n) is 10.2. The third kappa shape index (κ3) is 12.6. The molecule has 0 aromatic heterocycles. The van der Waals surface area contributed by atoms with Gasteiger partial charge in [-0.3, -0.25) is 0 Å². The summed E-state index contributed by atoms with van der Waals surface area (Å²) >= 11 is 0. The fourth-order valence-electron chi connectivity index (χ4n) is 2.31. The summed E-state index contributed by atoms with van der Waals surface area (Å²) < 4.78 is 0. The SMILES string of the molecule is CCC[NH+](O)CCC.CC[NH+](O)CC.O[NH+](c1ccccc1)c1ccccc1. The van der Waals surface area contributed by atoms with Crippen molar-refractivity contribution < 1.29 is 30.8 Å². The lowest BCUT2D eigenvalue weighted by Gasteiger charge is -2.08. The normalized spacial score (nSPS) is 10.4. The highest BCUT2D eigenvalue weighted by atomic mass is 16.5. The Morgan fingerprint density at radius 3 is 1.18 bits per heavy atom. The number of rotatable bonds is 8. The van der Waals surface area contributed by atoms with Gasteiger partial charge in [0.15, 0.2) is 11.4 Å². The first-order chi connectivity index (χ1) is 13.5. The lowest BCUT2D eigenvalue weighted by molar-refractivity contribution is -1.09. The van der Waals surface area contributed by atoms with E-state index in [0.29, 0.717) is 15.2 Å². The number of nitrogens with one attached hydrogen (secondary N) is 3. The molecule has 0 radical (unpaired) electrons. The predicted octanol–water partition coefficient (Wildman–Crippen LogP) is 1.30. The average molecular weight is 395 g/mol. The Hall–Kier alpha value is -1.80. The van der Waals surface area contributed by atoms with E-state index in [4.69, 9.17) is 10.4 Å². The van der Waals surface area contributed by atoms with Crippen molar-refractivity contribution in [2.24, 2.45) is 0 Å². The van der Waals surface area contributed by atoms with Gasteiger partial charge in [-0.1, -0.05) is 50.2 Å². The minimum absolute atomic E-state index is 0.325. The zero-order chi connectivity index (χ0) is 21.2. The summed E-state index contributed by atoms with van der Waals surface area (Å²) in [5.41, 5.74) is 1.69. The summed E-state index contributed by atoms with van der Waals surface area (Å²) in [6, 6.07) is 19.1. The molecule has 2 aromatic rings. The molecule has 0 saturated carbocycles. The van der Waals surface area contributed by atoms with Crippen LogP contribution >= 0.6 is 0 Å². The summed E-state index contributed by atoms with van der Waals surface area (Å²) in [7, 11) is 0. The number of hydroxylamine groups is 4. The van der Waals surface area contributed by atoms with Crippen LogP contribution in [0.2, 0.25) is 0 Å². The van der Waals surface area contributed by atoms with Crippen molar-refractivity contribution in [2.75, 3.05) is 26.2 Å². The Morgan fingerprint density at radius 1 is 0.571 bits per heavy atom. The second-order valence-corrected chi connectivity index (χ2v) is 6.42. The van der Waals surface area contributed by atoms with Crippen LogP contribution in [0.1, 0.15) is 40.5 Å². The summed E-state index contributed by atoms with van der Waals surface area (Å²) in [5.74, 6) is 0. The van der Waals surface area contributed by atoms with Crippen molar-refractivity contribution in [3.05, 3.63) is 60.7 Å². The molecule has 0 aliphatic carbocycles. The molecule has 0 amide bonds. The molecular formula is C22H40N3O3+3. The highest BCUT2D eigenvalue weighted by Crippen LogP contribution is 2.05. The monoisotopic (exact) mass is 394 g/mol. The Labute approximate surface area is 170 Å². The van der Waals surface area contributed by atoms with Crippen LogP contribution < -0.4 is 15.2 Å². The van der Waals surface area contributed by atoms with E-state index in [1.54, 1.807) is 0 Å². The van der Waals surface area contributed by atoms with E-state index in [1.807, 2.05) is 74.5 Å². The number of para-hydroxylation sites is 2. The van der Waals surface area contributed by atoms with Gasteiger partial charge in [-0.2, -0.15) is 10.1 Å². The highest BCUT2D eigenvalue weighted by Gasteiger charge is 2.10. The Balaban J connectivity index is 0.000000445. The maximum atomic E-state index is 9.91. The van der Waals surface area contributed by atoms with Crippen molar-refractivity contribution in [1.82, 2.24) is 0 Å². The Morgan fingerprint density at radius 2 is 0.929 bits per heavy atom. The molecule has 6 N–H and O–H groups in total. The van der Waals surface area contributed by atoms with Crippen molar-refractivity contribution in [1.29, 1.82) is 0 Å². The molecule has 0 spiro atoms. The van der Waals surface area contributed by atoms with Crippen molar-refractivity contribution in [3.8, 4) is 0 Å². The molecule has 0 unspecified atom stereocenters. The number of hydrogen-bond donors (Lipinski definition) is 6. The zero-order valence-electron chi connectivity index (χ0n) is 17.9. The molecule has 0 bridgehead atoms. The second-order valence-electron chi connectivity index (χ2n) is 6.42.